The molecule has 0 saturated carbocycles. The normalized spacial score (nSPS) is 13.4. The van der Waals surface area contributed by atoms with Gasteiger partial charge in [-0.05, 0) is 25.0 Å². The molecule has 0 heterocycles. The van der Waals surface area contributed by atoms with Crippen LogP contribution in [-0.4, -0.2) is 37.4 Å². The molecule has 0 radical (unpaired) electrons. The SMILES string of the molecule is CCCCCCCCCCCCCCCCCCOC[C@@H](COP(=O)(O)Oc1ccccc1Cl)OCCCCCCCCCCCCCCCCCC. The van der Waals surface area contributed by atoms with Gasteiger partial charge < -0.3 is 14.0 Å². The van der Waals surface area contributed by atoms with Crippen LogP contribution in [0.15, 0.2) is 24.3 Å². The van der Waals surface area contributed by atoms with E-state index in [0.717, 1.165) is 25.7 Å². The first-order valence-corrected chi connectivity index (χ1v) is 24.5. The largest absolute Gasteiger partial charge is 0.527 e. The summed E-state index contributed by atoms with van der Waals surface area (Å²) in [4.78, 5) is 10.3. The number of hydrogen-bond donors (Lipinski definition) is 1. The maximum absolute atomic E-state index is 12.7. The summed E-state index contributed by atoms with van der Waals surface area (Å²) in [7, 11) is -4.37. The maximum atomic E-state index is 12.7. The minimum absolute atomic E-state index is 0.0873. The molecule has 312 valence electrons. The zero-order valence-corrected chi connectivity index (χ0v) is 36.3. The van der Waals surface area contributed by atoms with E-state index in [2.05, 4.69) is 13.8 Å². The zero-order chi connectivity index (χ0) is 38.3. The van der Waals surface area contributed by atoms with Crippen molar-refractivity contribution < 1.29 is 28.0 Å². The van der Waals surface area contributed by atoms with Crippen molar-refractivity contribution in [1.29, 1.82) is 0 Å². The summed E-state index contributed by atoms with van der Waals surface area (Å²) < 4.78 is 35.3. The van der Waals surface area contributed by atoms with Gasteiger partial charge in [0.1, 0.15) is 11.9 Å². The van der Waals surface area contributed by atoms with Crippen molar-refractivity contribution in [3.63, 3.8) is 0 Å². The molecule has 0 aromatic heterocycles. The van der Waals surface area contributed by atoms with E-state index in [1.165, 1.54) is 180 Å². The van der Waals surface area contributed by atoms with Gasteiger partial charge >= 0.3 is 7.82 Å². The van der Waals surface area contributed by atoms with Crippen LogP contribution in [0.5, 0.6) is 5.75 Å². The number of rotatable bonds is 42. The molecular weight excluding hydrogens is 703 g/mol. The molecule has 0 aliphatic carbocycles. The van der Waals surface area contributed by atoms with E-state index in [4.69, 9.17) is 30.1 Å². The van der Waals surface area contributed by atoms with Gasteiger partial charge in [0.25, 0.3) is 0 Å². The van der Waals surface area contributed by atoms with Crippen molar-refractivity contribution in [3.8, 4) is 5.75 Å². The van der Waals surface area contributed by atoms with Gasteiger partial charge in [0.05, 0.1) is 18.2 Å². The van der Waals surface area contributed by atoms with Crippen molar-refractivity contribution in [2.45, 2.75) is 225 Å². The quantitative estimate of drug-likeness (QED) is 0.0525. The molecular formula is C45H84ClO6P. The lowest BCUT2D eigenvalue weighted by atomic mass is 10.0. The third kappa shape index (κ3) is 34.4. The van der Waals surface area contributed by atoms with Gasteiger partial charge in [-0.2, -0.15) is 0 Å². The van der Waals surface area contributed by atoms with Crippen LogP contribution in [0.2, 0.25) is 5.02 Å². The summed E-state index contributed by atoms with van der Waals surface area (Å²) in [6.07, 6.45) is 42.2. The minimum Gasteiger partial charge on any atom is -0.403 e. The van der Waals surface area contributed by atoms with Crippen molar-refractivity contribution in [3.05, 3.63) is 29.3 Å². The highest BCUT2D eigenvalue weighted by atomic mass is 35.5. The smallest absolute Gasteiger partial charge is 0.403 e. The number of phosphoric ester groups is 1. The monoisotopic (exact) mass is 787 g/mol. The van der Waals surface area contributed by atoms with Crippen LogP contribution < -0.4 is 4.52 Å². The van der Waals surface area contributed by atoms with Crippen LogP contribution in [-0.2, 0) is 18.6 Å². The minimum atomic E-state index is -4.37. The standard InChI is InChI=1S/C45H84ClO6P/c1-3-5-7-9-11-13-15-17-19-21-23-25-27-29-31-35-39-49-41-43(42-51-53(47,48)52-45-38-34-33-37-44(45)46)50-40-36-32-30-28-26-24-22-20-18-16-14-12-10-8-6-4-2/h33-34,37-38,43H,3-32,35-36,39-42H2,1-2H3,(H,47,48)/t43-/m0/s1. The average Bonchev–Trinajstić information content (AvgIpc) is 3.15. The molecule has 1 aromatic carbocycles. The lowest BCUT2D eigenvalue weighted by Crippen LogP contribution is -2.26. The van der Waals surface area contributed by atoms with E-state index in [9.17, 15) is 9.46 Å². The van der Waals surface area contributed by atoms with Gasteiger partial charge in [-0.15, -0.1) is 0 Å². The van der Waals surface area contributed by atoms with Gasteiger partial charge in [-0.1, -0.05) is 230 Å². The fourth-order valence-corrected chi connectivity index (χ4v) is 7.90. The van der Waals surface area contributed by atoms with Crippen LogP contribution in [0.4, 0.5) is 0 Å². The molecule has 1 rings (SSSR count). The topological polar surface area (TPSA) is 74.2 Å². The molecule has 1 aromatic rings. The molecule has 0 aliphatic heterocycles. The third-order valence-electron chi connectivity index (χ3n) is 10.3. The van der Waals surface area contributed by atoms with Crippen LogP contribution in [0.1, 0.15) is 219 Å². The Morgan fingerprint density at radius 2 is 0.887 bits per heavy atom. The number of phosphoric acid groups is 1. The molecule has 2 atom stereocenters. The predicted octanol–water partition coefficient (Wildman–Crippen LogP) is 15.8. The van der Waals surface area contributed by atoms with Gasteiger partial charge in [0, 0.05) is 13.2 Å². The summed E-state index contributed by atoms with van der Waals surface area (Å²) in [6, 6.07) is 6.57. The van der Waals surface area contributed by atoms with Crippen LogP contribution in [0.3, 0.4) is 0 Å². The Bertz CT molecular complexity index is 949. The lowest BCUT2D eigenvalue weighted by molar-refractivity contribution is -0.0426. The van der Waals surface area contributed by atoms with Gasteiger partial charge in [0.2, 0.25) is 0 Å². The molecule has 0 saturated heterocycles. The van der Waals surface area contributed by atoms with E-state index in [-0.39, 0.29) is 17.4 Å². The summed E-state index contributed by atoms with van der Waals surface area (Å²) in [6.45, 7) is 6.04. The summed E-state index contributed by atoms with van der Waals surface area (Å²) in [5, 5.41) is 0.254. The second kappa shape index (κ2) is 38.3. The number of hydrogen-bond acceptors (Lipinski definition) is 5. The molecule has 8 heteroatoms. The molecule has 0 spiro atoms. The number of halogens is 1. The molecule has 0 bridgehead atoms. The Morgan fingerprint density at radius 1 is 0.528 bits per heavy atom. The highest BCUT2D eigenvalue weighted by Gasteiger charge is 2.26. The molecule has 0 amide bonds. The number of unbranched alkanes of at least 4 members (excludes halogenated alkanes) is 30. The predicted molar refractivity (Wildman–Crippen MR) is 228 cm³/mol. The highest BCUT2D eigenvalue weighted by Crippen LogP contribution is 2.45. The second-order valence-corrected chi connectivity index (χ2v) is 17.2. The Labute approximate surface area is 333 Å². The first kappa shape index (κ1) is 50.4. The van der Waals surface area contributed by atoms with Crippen molar-refractivity contribution >= 4 is 19.4 Å². The Kier molecular flexibility index (Phi) is 36.4. The van der Waals surface area contributed by atoms with E-state index in [0.29, 0.717) is 19.8 Å². The summed E-state index contributed by atoms with van der Waals surface area (Å²) >= 11 is 6.11. The maximum Gasteiger partial charge on any atom is 0.527 e. The molecule has 1 unspecified atom stereocenters. The van der Waals surface area contributed by atoms with E-state index >= 15 is 0 Å². The van der Waals surface area contributed by atoms with E-state index in [1.807, 2.05) is 0 Å². The molecule has 0 fully saturated rings. The van der Waals surface area contributed by atoms with Crippen LogP contribution in [0.25, 0.3) is 0 Å². The van der Waals surface area contributed by atoms with Crippen molar-refractivity contribution in [2.75, 3.05) is 26.4 Å². The first-order valence-electron chi connectivity index (χ1n) is 22.6. The third-order valence-corrected chi connectivity index (χ3v) is 11.5. The van der Waals surface area contributed by atoms with Gasteiger partial charge in [-0.25, -0.2) is 4.57 Å². The Morgan fingerprint density at radius 3 is 1.28 bits per heavy atom. The first-order chi connectivity index (χ1) is 26.0. The Balaban J connectivity index is 2.17. The van der Waals surface area contributed by atoms with Crippen molar-refractivity contribution in [2.24, 2.45) is 0 Å². The average molecular weight is 788 g/mol. The number of para-hydroxylation sites is 1. The van der Waals surface area contributed by atoms with E-state index < -0.39 is 13.9 Å². The fraction of sp³-hybridized carbons (Fsp3) is 0.867. The summed E-state index contributed by atoms with van der Waals surface area (Å²) in [5.74, 6) is 0.116. The van der Waals surface area contributed by atoms with E-state index in [1.54, 1.807) is 24.3 Å². The highest BCUT2D eigenvalue weighted by molar-refractivity contribution is 7.47. The molecule has 6 nitrogen and oxygen atoms in total. The Hall–Kier alpha value is -0.620. The zero-order valence-electron chi connectivity index (χ0n) is 34.7. The molecule has 1 N–H and O–H groups in total. The fourth-order valence-electron chi connectivity index (χ4n) is 6.86. The summed E-state index contributed by atoms with van der Waals surface area (Å²) in [5.41, 5.74) is 0. The second-order valence-electron chi connectivity index (χ2n) is 15.5. The van der Waals surface area contributed by atoms with Crippen molar-refractivity contribution in [1.82, 2.24) is 0 Å². The van der Waals surface area contributed by atoms with Gasteiger partial charge in [-0.3, -0.25) is 9.42 Å². The lowest BCUT2D eigenvalue weighted by Gasteiger charge is -2.20. The molecule has 0 aliphatic rings. The van der Waals surface area contributed by atoms with Crippen LogP contribution >= 0.6 is 19.4 Å². The van der Waals surface area contributed by atoms with Crippen LogP contribution in [0, 0.1) is 0 Å². The van der Waals surface area contributed by atoms with Gasteiger partial charge in [0.15, 0.2) is 0 Å². The number of benzene rings is 1. The number of ether oxygens (including phenoxy) is 2. The molecule has 53 heavy (non-hydrogen) atoms.